The Labute approximate surface area is 221 Å². The van der Waals surface area contributed by atoms with Crippen LogP contribution in [0.15, 0.2) is 74.7 Å². The predicted molar refractivity (Wildman–Crippen MR) is 147 cm³/mol. The second-order valence-corrected chi connectivity index (χ2v) is 15.0. The molecule has 8 nitrogen and oxygen atoms in total. The largest absolute Gasteiger partial charge is 0.356 e. The summed E-state index contributed by atoms with van der Waals surface area (Å²) in [6, 6.07) is 15.4. The van der Waals surface area contributed by atoms with Gasteiger partial charge >= 0.3 is 11.4 Å². The van der Waals surface area contributed by atoms with Gasteiger partial charge in [-0.3, -0.25) is 0 Å². The number of fused-ring (bicyclic) bond motifs is 3. The molecule has 0 aliphatic carbocycles. The Morgan fingerprint density at radius 3 is 2.00 bits per heavy atom. The molecule has 3 aromatic rings. The van der Waals surface area contributed by atoms with Crippen molar-refractivity contribution in [1.29, 1.82) is 0 Å². The lowest BCUT2D eigenvalue weighted by Crippen LogP contribution is -2.69. The molecule has 2 aliphatic heterocycles. The number of rotatable bonds is 3. The Morgan fingerprint density at radius 2 is 1.46 bits per heavy atom. The van der Waals surface area contributed by atoms with Crippen LogP contribution in [0.1, 0.15) is 53.3 Å². The lowest BCUT2D eigenvalue weighted by atomic mass is 9.65. The summed E-state index contributed by atoms with van der Waals surface area (Å²) < 4.78 is 32.2. The second kappa shape index (κ2) is 8.09. The molecule has 37 heavy (non-hydrogen) atoms. The van der Waals surface area contributed by atoms with Gasteiger partial charge < -0.3 is 0 Å². The van der Waals surface area contributed by atoms with Crippen LogP contribution >= 0.6 is 11.9 Å². The Morgan fingerprint density at radius 1 is 0.865 bits per heavy atom. The molecular formula is C27H32N4O4S2. The van der Waals surface area contributed by atoms with Crippen molar-refractivity contribution < 1.29 is 8.42 Å². The fourth-order valence-electron chi connectivity index (χ4n) is 5.29. The first-order valence-corrected chi connectivity index (χ1v) is 14.4. The molecule has 1 fully saturated rings. The lowest BCUT2D eigenvalue weighted by molar-refractivity contribution is 0.0990. The quantitative estimate of drug-likeness (QED) is 0.452. The normalized spacial score (nSPS) is 22.1. The molecule has 0 N–H and O–H groups in total. The molecule has 1 aromatic heterocycles. The molecule has 3 heterocycles. The number of nitrogens with zero attached hydrogens (tertiary/aromatic N) is 4. The van der Waals surface area contributed by atoms with Gasteiger partial charge in [0.1, 0.15) is 0 Å². The summed E-state index contributed by atoms with van der Waals surface area (Å²) >= 11 is 1.23. The number of hydrogen-bond donors (Lipinski definition) is 0. The summed E-state index contributed by atoms with van der Waals surface area (Å²) in [5.41, 5.74) is 0.293. The van der Waals surface area contributed by atoms with Crippen LogP contribution in [0.4, 0.5) is 0 Å². The van der Waals surface area contributed by atoms with E-state index in [2.05, 4.69) is 20.8 Å². The van der Waals surface area contributed by atoms with E-state index in [1.807, 2.05) is 33.8 Å². The van der Waals surface area contributed by atoms with Gasteiger partial charge in [-0.05, 0) is 59.5 Å². The van der Waals surface area contributed by atoms with Crippen molar-refractivity contribution in [1.82, 2.24) is 17.6 Å². The van der Waals surface area contributed by atoms with E-state index in [9.17, 15) is 18.0 Å². The van der Waals surface area contributed by atoms with Gasteiger partial charge in [0.2, 0.25) is 0 Å². The average Bonchev–Trinajstić information content (AvgIpc) is 3.01. The van der Waals surface area contributed by atoms with Gasteiger partial charge in [0.05, 0.1) is 15.3 Å². The van der Waals surface area contributed by atoms with E-state index in [4.69, 9.17) is 0 Å². The average molecular weight is 541 g/mol. The van der Waals surface area contributed by atoms with Crippen LogP contribution in [0.3, 0.4) is 0 Å². The van der Waals surface area contributed by atoms with Crippen molar-refractivity contribution in [3.8, 4) is 5.69 Å². The van der Waals surface area contributed by atoms with E-state index in [0.717, 1.165) is 15.7 Å². The third kappa shape index (κ3) is 3.56. The fraction of sp³-hybridized carbons (Fsp3) is 0.407. The number of sulfonamides is 1. The maximum absolute atomic E-state index is 14.0. The van der Waals surface area contributed by atoms with E-state index in [1.165, 1.54) is 25.0 Å². The first-order valence-electron chi connectivity index (χ1n) is 12.2. The van der Waals surface area contributed by atoms with Crippen LogP contribution in [0.25, 0.3) is 11.9 Å². The van der Waals surface area contributed by atoms with Crippen molar-refractivity contribution in [3.05, 3.63) is 86.7 Å². The Bertz CT molecular complexity index is 1630. The zero-order valence-corrected chi connectivity index (χ0v) is 23.7. The summed E-state index contributed by atoms with van der Waals surface area (Å²) in [5, 5.41) is 0. The van der Waals surface area contributed by atoms with Crippen LogP contribution in [0, 0.1) is 17.8 Å². The van der Waals surface area contributed by atoms with Gasteiger partial charge in [-0.1, -0.05) is 77.4 Å². The van der Waals surface area contributed by atoms with Crippen molar-refractivity contribution >= 4 is 28.2 Å². The third-order valence-electron chi connectivity index (χ3n) is 7.18. The summed E-state index contributed by atoms with van der Waals surface area (Å²) in [5.74, 6) is 0. The number of hydrogen-bond acceptors (Lipinski definition) is 5. The van der Waals surface area contributed by atoms with Gasteiger partial charge in [0, 0.05) is 6.20 Å². The highest BCUT2D eigenvalue weighted by Crippen LogP contribution is 2.69. The van der Waals surface area contributed by atoms with Crippen molar-refractivity contribution in [2.45, 2.75) is 64.3 Å². The number of aromatic nitrogens is 3. The van der Waals surface area contributed by atoms with Crippen LogP contribution in [-0.4, -0.2) is 30.8 Å². The van der Waals surface area contributed by atoms with Crippen LogP contribution in [0.2, 0.25) is 0 Å². The summed E-state index contributed by atoms with van der Waals surface area (Å²) in [6.07, 6.45) is 0.807. The minimum atomic E-state index is -4.00. The van der Waals surface area contributed by atoms with Crippen molar-refractivity contribution in [3.63, 3.8) is 0 Å². The Hall–Kier alpha value is -2.82. The van der Waals surface area contributed by atoms with Gasteiger partial charge in [0.15, 0.2) is 6.17 Å². The van der Waals surface area contributed by atoms with E-state index >= 15 is 0 Å². The highest BCUT2D eigenvalue weighted by atomic mass is 32.3. The van der Waals surface area contributed by atoms with Crippen LogP contribution < -0.4 is 11.4 Å². The summed E-state index contributed by atoms with van der Waals surface area (Å²) in [6.45, 7) is 14.2. The zero-order valence-electron chi connectivity index (χ0n) is 22.1. The highest BCUT2D eigenvalue weighted by molar-refractivity contribution is 8.10. The maximum atomic E-state index is 14.0. The zero-order chi connectivity index (χ0) is 27.1. The van der Waals surface area contributed by atoms with Gasteiger partial charge in [-0.15, -0.1) is 3.71 Å². The van der Waals surface area contributed by atoms with Crippen LogP contribution in [0.5, 0.6) is 0 Å². The fourth-order valence-corrected chi connectivity index (χ4v) is 9.06. The molecule has 2 aliphatic rings. The number of para-hydroxylation sites is 1. The van der Waals surface area contributed by atoms with Gasteiger partial charge in [0.25, 0.3) is 10.0 Å². The molecule has 0 bridgehead atoms. The maximum Gasteiger partial charge on any atom is 0.356 e. The van der Waals surface area contributed by atoms with E-state index in [-0.39, 0.29) is 4.90 Å². The molecule has 0 radical (unpaired) electrons. The standard InChI is InChI=1S/C27H32N4O4S2/c1-18-13-15-20(16-14-18)37(34,35)31-22-27(36-31,26(5,6)7)21(25(2,3)4)17-28-23(32)29(24(33)30(22)28)19-11-9-8-10-12-19/h8-17,22H,1-7H3. The second-order valence-electron chi connectivity index (χ2n) is 11.7. The van der Waals surface area contributed by atoms with E-state index < -0.39 is 43.1 Å². The number of aryl methyl sites for hydroxylation is 1. The molecule has 10 heteroatoms. The molecule has 2 aromatic carbocycles. The topological polar surface area (TPSA) is 86.3 Å². The first-order chi connectivity index (χ1) is 17.1. The van der Waals surface area contributed by atoms with Crippen molar-refractivity contribution in [2.75, 3.05) is 0 Å². The summed E-state index contributed by atoms with van der Waals surface area (Å²) in [7, 11) is -4.00. The Kier molecular flexibility index (Phi) is 5.64. The molecule has 5 rings (SSSR count). The molecule has 1 saturated heterocycles. The smallest absolute Gasteiger partial charge is 0.245 e. The van der Waals surface area contributed by atoms with Crippen molar-refractivity contribution in [2.24, 2.45) is 10.8 Å². The minimum Gasteiger partial charge on any atom is -0.245 e. The van der Waals surface area contributed by atoms with Gasteiger partial charge in [-0.25, -0.2) is 31.9 Å². The first kappa shape index (κ1) is 25.8. The summed E-state index contributed by atoms with van der Waals surface area (Å²) in [4.78, 5) is 27.8. The SMILES string of the molecule is Cc1ccc(S(=O)(=O)N2SC3(C(C)(C)C)C(C(C)(C)C)=Cn4c(=O)n(-c5ccccc5)c(=O)n4C23)cc1. The molecule has 2 unspecified atom stereocenters. The van der Waals surface area contributed by atoms with Crippen LogP contribution in [-0.2, 0) is 10.0 Å². The predicted octanol–water partition coefficient (Wildman–Crippen LogP) is 4.65. The van der Waals surface area contributed by atoms with Gasteiger partial charge in [-0.2, -0.15) is 0 Å². The monoisotopic (exact) mass is 540 g/mol. The molecule has 196 valence electrons. The van der Waals surface area contributed by atoms with E-state index in [0.29, 0.717) is 5.69 Å². The molecule has 2 atom stereocenters. The molecule has 0 amide bonds. The Balaban J connectivity index is 1.83. The number of benzene rings is 2. The lowest BCUT2D eigenvalue weighted by Gasteiger charge is -2.64. The third-order valence-corrected chi connectivity index (χ3v) is 11.2. The molecule has 0 spiro atoms. The molecular weight excluding hydrogens is 508 g/mol. The minimum absolute atomic E-state index is 0.143. The molecule has 0 saturated carbocycles. The highest BCUT2D eigenvalue weighted by Gasteiger charge is 2.70. The van der Waals surface area contributed by atoms with E-state index in [1.54, 1.807) is 54.7 Å².